The van der Waals surface area contributed by atoms with Crippen molar-refractivity contribution in [3.63, 3.8) is 0 Å². The van der Waals surface area contributed by atoms with Gasteiger partial charge in [0.1, 0.15) is 22.9 Å². The number of hydrogen-bond acceptors (Lipinski definition) is 5. The summed E-state index contributed by atoms with van der Waals surface area (Å²) in [5, 5.41) is 13.9. The molecule has 2 heterocycles. The lowest BCUT2D eigenvalue weighted by molar-refractivity contribution is 0.00529. The highest BCUT2D eigenvalue weighted by molar-refractivity contribution is 6.31. The fourth-order valence-electron chi connectivity index (χ4n) is 3.82. The van der Waals surface area contributed by atoms with Crippen LogP contribution in [0, 0.1) is 0 Å². The third-order valence-corrected chi connectivity index (χ3v) is 6.09. The van der Waals surface area contributed by atoms with Crippen molar-refractivity contribution >= 4 is 23.6 Å². The van der Waals surface area contributed by atoms with Gasteiger partial charge in [0, 0.05) is 31.6 Å². The maximum Gasteiger partial charge on any atom is 0.410 e. The average molecular weight is 491 g/mol. The first kappa shape index (κ1) is 25.9. The standard InChI is InChI=1S/C25H35ClN4O4/c1-24(2,3)17-10-15(20(31)11-18(17)26)8-9-21-27-12-19(29(21)7)22(32)28-16-13-30(14-16)23(33)34-25(4,5)6/h10-12,16,31H,8-9,13-14H2,1-7H3,(H,28,32). The molecule has 8 nitrogen and oxygen atoms in total. The monoisotopic (exact) mass is 490 g/mol. The van der Waals surface area contributed by atoms with Crippen LogP contribution in [0.4, 0.5) is 4.79 Å². The minimum Gasteiger partial charge on any atom is -0.508 e. The zero-order valence-electron chi connectivity index (χ0n) is 21.0. The second-order valence-electron chi connectivity index (χ2n) is 10.9. The van der Waals surface area contributed by atoms with Gasteiger partial charge in [0.15, 0.2) is 0 Å². The lowest BCUT2D eigenvalue weighted by Gasteiger charge is -2.39. The summed E-state index contributed by atoms with van der Waals surface area (Å²) in [7, 11) is 1.80. The number of carbonyl (C=O) groups excluding carboxylic acids is 2. The second-order valence-corrected chi connectivity index (χ2v) is 11.3. The summed E-state index contributed by atoms with van der Waals surface area (Å²) in [6, 6.07) is 3.41. The smallest absolute Gasteiger partial charge is 0.410 e. The zero-order valence-corrected chi connectivity index (χ0v) is 21.8. The maximum absolute atomic E-state index is 12.7. The number of nitrogens with one attached hydrogen (secondary N) is 1. The van der Waals surface area contributed by atoms with E-state index in [4.69, 9.17) is 16.3 Å². The molecule has 2 amide bonds. The van der Waals surface area contributed by atoms with Crippen LogP contribution < -0.4 is 5.32 Å². The summed E-state index contributed by atoms with van der Waals surface area (Å²) >= 11 is 6.33. The number of halogens is 1. The van der Waals surface area contributed by atoms with Crippen molar-refractivity contribution in [1.29, 1.82) is 0 Å². The van der Waals surface area contributed by atoms with E-state index in [2.05, 4.69) is 31.1 Å². The highest BCUT2D eigenvalue weighted by atomic mass is 35.5. The molecule has 1 aromatic carbocycles. The van der Waals surface area contributed by atoms with E-state index in [-0.39, 0.29) is 29.2 Å². The predicted molar refractivity (Wildman–Crippen MR) is 131 cm³/mol. The Morgan fingerprint density at radius 2 is 1.82 bits per heavy atom. The van der Waals surface area contributed by atoms with Gasteiger partial charge in [0.2, 0.25) is 0 Å². The number of phenolic OH excluding ortho intramolecular Hbond substituents is 1. The lowest BCUT2D eigenvalue weighted by atomic mass is 9.85. The fraction of sp³-hybridized carbons (Fsp3) is 0.560. The summed E-state index contributed by atoms with van der Waals surface area (Å²) in [5.41, 5.74) is 1.52. The SMILES string of the molecule is Cn1c(C(=O)NC2CN(C(=O)OC(C)(C)C)C2)cnc1CCc1cc(C(C)(C)C)c(Cl)cc1O. The molecule has 0 aliphatic carbocycles. The molecule has 0 radical (unpaired) electrons. The molecule has 0 atom stereocenters. The second kappa shape index (κ2) is 9.49. The highest BCUT2D eigenvalue weighted by Gasteiger charge is 2.35. The summed E-state index contributed by atoms with van der Waals surface area (Å²) in [6.45, 7) is 12.5. The van der Waals surface area contributed by atoms with Gasteiger partial charge in [-0.1, -0.05) is 38.4 Å². The summed E-state index contributed by atoms with van der Waals surface area (Å²) in [5.74, 6) is 0.657. The molecule has 0 bridgehead atoms. The molecule has 34 heavy (non-hydrogen) atoms. The van der Waals surface area contributed by atoms with Crippen molar-refractivity contribution < 1.29 is 19.4 Å². The molecule has 0 spiro atoms. The van der Waals surface area contributed by atoms with Crippen LogP contribution in [0.25, 0.3) is 0 Å². The van der Waals surface area contributed by atoms with Crippen molar-refractivity contribution in [2.45, 2.75) is 71.4 Å². The number of imidazole rings is 1. The van der Waals surface area contributed by atoms with Gasteiger partial charge in [0.25, 0.3) is 5.91 Å². The minimum absolute atomic E-state index is 0.125. The van der Waals surface area contributed by atoms with E-state index in [1.54, 1.807) is 28.8 Å². The van der Waals surface area contributed by atoms with E-state index in [0.717, 1.165) is 17.0 Å². The highest BCUT2D eigenvalue weighted by Crippen LogP contribution is 2.34. The Morgan fingerprint density at radius 1 is 1.18 bits per heavy atom. The van der Waals surface area contributed by atoms with Gasteiger partial charge in [-0.25, -0.2) is 9.78 Å². The van der Waals surface area contributed by atoms with Crippen LogP contribution in [-0.4, -0.2) is 56.3 Å². The first-order valence-corrected chi connectivity index (χ1v) is 11.8. The minimum atomic E-state index is -0.548. The summed E-state index contributed by atoms with van der Waals surface area (Å²) in [4.78, 5) is 30.8. The van der Waals surface area contributed by atoms with Gasteiger partial charge >= 0.3 is 6.09 Å². The molecular formula is C25H35ClN4O4. The fourth-order valence-corrected chi connectivity index (χ4v) is 4.27. The van der Waals surface area contributed by atoms with Gasteiger partial charge in [-0.3, -0.25) is 4.79 Å². The first-order valence-electron chi connectivity index (χ1n) is 11.5. The number of amides is 2. The molecule has 9 heteroatoms. The molecule has 1 aromatic heterocycles. The predicted octanol–water partition coefficient (Wildman–Crippen LogP) is 4.21. The number of benzene rings is 1. The first-order chi connectivity index (χ1) is 15.7. The number of aromatic hydroxyl groups is 1. The Hall–Kier alpha value is -2.74. The molecule has 1 aliphatic heterocycles. The Kier molecular flexibility index (Phi) is 7.22. The van der Waals surface area contributed by atoms with Crippen molar-refractivity contribution in [1.82, 2.24) is 19.8 Å². The Balaban J connectivity index is 1.59. The van der Waals surface area contributed by atoms with E-state index in [1.165, 1.54) is 0 Å². The molecule has 1 aliphatic rings. The van der Waals surface area contributed by atoms with Crippen LogP contribution in [0.3, 0.4) is 0 Å². The lowest BCUT2D eigenvalue weighted by Crippen LogP contribution is -2.61. The third kappa shape index (κ3) is 6.03. The molecule has 0 unspecified atom stereocenters. The molecule has 2 N–H and O–H groups in total. The van der Waals surface area contributed by atoms with E-state index in [1.807, 2.05) is 26.8 Å². The van der Waals surface area contributed by atoms with Crippen LogP contribution in [-0.2, 0) is 30.0 Å². The largest absolute Gasteiger partial charge is 0.508 e. The number of rotatable bonds is 5. The molecule has 186 valence electrons. The van der Waals surface area contributed by atoms with Crippen LogP contribution >= 0.6 is 11.6 Å². The number of nitrogens with zero attached hydrogens (tertiary/aromatic N) is 3. The molecule has 1 fully saturated rings. The number of aryl methyl sites for hydroxylation is 2. The van der Waals surface area contributed by atoms with Crippen molar-refractivity contribution in [2.75, 3.05) is 13.1 Å². The topological polar surface area (TPSA) is 96.7 Å². The average Bonchev–Trinajstić information content (AvgIpc) is 3.01. The van der Waals surface area contributed by atoms with E-state index >= 15 is 0 Å². The van der Waals surface area contributed by atoms with Gasteiger partial charge in [-0.2, -0.15) is 0 Å². The molecule has 2 aromatic rings. The van der Waals surface area contributed by atoms with Gasteiger partial charge in [0.05, 0.1) is 12.2 Å². The van der Waals surface area contributed by atoms with Gasteiger partial charge in [-0.05, 0) is 49.8 Å². The van der Waals surface area contributed by atoms with Crippen LogP contribution in [0.15, 0.2) is 18.3 Å². The van der Waals surface area contributed by atoms with Crippen LogP contribution in [0.2, 0.25) is 5.02 Å². The Labute approximate surface area is 206 Å². The maximum atomic E-state index is 12.7. The van der Waals surface area contributed by atoms with Crippen LogP contribution in [0.1, 0.15) is 69.0 Å². The zero-order chi connectivity index (χ0) is 25.4. The number of phenols is 1. The number of aromatic nitrogens is 2. The summed E-state index contributed by atoms with van der Waals surface area (Å²) < 4.78 is 7.10. The number of carbonyl (C=O) groups is 2. The quantitative estimate of drug-likeness (QED) is 0.654. The van der Waals surface area contributed by atoms with Gasteiger partial charge in [-0.15, -0.1) is 0 Å². The molecule has 1 saturated heterocycles. The van der Waals surface area contributed by atoms with E-state index in [9.17, 15) is 14.7 Å². The van der Waals surface area contributed by atoms with Crippen molar-refractivity contribution in [3.05, 3.63) is 46.0 Å². The number of ether oxygens (including phenoxy) is 1. The van der Waals surface area contributed by atoms with E-state index in [0.29, 0.717) is 36.6 Å². The van der Waals surface area contributed by atoms with E-state index < -0.39 is 5.60 Å². The van der Waals surface area contributed by atoms with Gasteiger partial charge < -0.3 is 24.6 Å². The van der Waals surface area contributed by atoms with Crippen LogP contribution in [0.5, 0.6) is 5.75 Å². The van der Waals surface area contributed by atoms with Crippen molar-refractivity contribution in [3.8, 4) is 5.75 Å². The normalized spacial score (nSPS) is 14.6. The summed E-state index contributed by atoms with van der Waals surface area (Å²) in [6.07, 6.45) is 2.29. The number of hydrogen-bond donors (Lipinski definition) is 2. The van der Waals surface area contributed by atoms with Crippen molar-refractivity contribution in [2.24, 2.45) is 7.05 Å². The molecular weight excluding hydrogens is 456 g/mol. The third-order valence-electron chi connectivity index (χ3n) is 5.78. The molecule has 3 rings (SSSR count). The Bertz CT molecular complexity index is 1080. The molecule has 0 saturated carbocycles. The Morgan fingerprint density at radius 3 is 2.41 bits per heavy atom. The number of likely N-dealkylation sites (tertiary alicyclic amines) is 1.